The molecule has 31 heavy (non-hydrogen) atoms. The van der Waals surface area contributed by atoms with Crippen LogP contribution in [-0.2, 0) is 17.6 Å². The number of ether oxygens (including phenoxy) is 1. The molecule has 0 bridgehead atoms. The molecule has 164 valence electrons. The molecular formula is C18H14ClF4N5O2S. The van der Waals surface area contributed by atoms with Gasteiger partial charge in [-0.05, 0) is 30.3 Å². The minimum atomic E-state index is -4.57. The van der Waals surface area contributed by atoms with E-state index in [1.54, 1.807) is 6.07 Å². The average Bonchev–Trinajstić information content (AvgIpc) is 3.06. The lowest BCUT2D eigenvalue weighted by atomic mass is 10.2. The van der Waals surface area contributed by atoms with Gasteiger partial charge in [0.2, 0.25) is 11.1 Å². The molecule has 0 saturated heterocycles. The van der Waals surface area contributed by atoms with Gasteiger partial charge in [-0.3, -0.25) is 4.79 Å². The number of amides is 1. The number of anilines is 1. The minimum absolute atomic E-state index is 0.0112. The molecule has 0 radical (unpaired) electrons. The van der Waals surface area contributed by atoms with Gasteiger partial charge in [-0.15, -0.1) is 10.2 Å². The van der Waals surface area contributed by atoms with Crippen LogP contribution in [0.1, 0.15) is 11.4 Å². The Labute approximate surface area is 182 Å². The number of nitrogens with zero attached hydrogens (tertiary/aromatic N) is 3. The smallest absolute Gasteiger partial charge is 0.416 e. The highest BCUT2D eigenvalue weighted by Crippen LogP contribution is 2.34. The zero-order valence-electron chi connectivity index (χ0n) is 15.5. The van der Waals surface area contributed by atoms with Gasteiger partial charge in [-0.2, -0.15) is 13.2 Å². The van der Waals surface area contributed by atoms with Crippen LogP contribution in [0.15, 0.2) is 47.6 Å². The topological polar surface area (TPSA) is 95.1 Å². The second kappa shape index (κ2) is 9.43. The van der Waals surface area contributed by atoms with E-state index < -0.39 is 23.5 Å². The molecule has 7 nitrogen and oxygen atoms in total. The highest BCUT2D eigenvalue weighted by molar-refractivity contribution is 7.99. The number of carbonyl (C=O) groups is 1. The number of nitrogens with two attached hydrogens (primary N) is 1. The van der Waals surface area contributed by atoms with Gasteiger partial charge >= 0.3 is 6.18 Å². The second-order valence-corrected chi connectivity index (χ2v) is 7.37. The van der Waals surface area contributed by atoms with Crippen LogP contribution < -0.4 is 15.9 Å². The molecular weight excluding hydrogens is 462 g/mol. The Balaban J connectivity index is 1.58. The van der Waals surface area contributed by atoms with Gasteiger partial charge in [-0.1, -0.05) is 35.5 Å². The Bertz CT molecular complexity index is 1090. The van der Waals surface area contributed by atoms with Gasteiger partial charge in [0.25, 0.3) is 0 Å². The molecule has 0 aliphatic heterocycles. The van der Waals surface area contributed by atoms with Crippen molar-refractivity contribution in [3.05, 3.63) is 64.7 Å². The Morgan fingerprint density at radius 1 is 1.23 bits per heavy atom. The third kappa shape index (κ3) is 5.79. The van der Waals surface area contributed by atoms with Crippen molar-refractivity contribution >= 4 is 35.0 Å². The van der Waals surface area contributed by atoms with E-state index in [2.05, 4.69) is 15.5 Å². The molecule has 0 spiro atoms. The number of benzene rings is 2. The summed E-state index contributed by atoms with van der Waals surface area (Å²) < 4.78 is 58.4. The van der Waals surface area contributed by atoms with Crippen molar-refractivity contribution in [1.29, 1.82) is 0 Å². The van der Waals surface area contributed by atoms with Crippen LogP contribution in [0.4, 0.5) is 23.2 Å². The fourth-order valence-electron chi connectivity index (χ4n) is 2.32. The maximum atomic E-state index is 13.6. The maximum absolute atomic E-state index is 13.6. The predicted molar refractivity (Wildman–Crippen MR) is 107 cm³/mol. The standard InChI is InChI=1S/C18H14ClF4N5O2S/c19-11-6-5-10(18(21,22)23)7-13(11)25-16(29)9-31-17-27-26-15(28(17)24)8-30-14-4-2-1-3-12(14)20/h1-7H,8-9,24H2,(H,25,29). The van der Waals surface area contributed by atoms with Crippen molar-refractivity contribution in [1.82, 2.24) is 14.9 Å². The number of thioether (sulfide) groups is 1. The number of hydrogen-bond donors (Lipinski definition) is 2. The maximum Gasteiger partial charge on any atom is 0.416 e. The molecule has 1 heterocycles. The molecule has 0 unspecified atom stereocenters. The summed E-state index contributed by atoms with van der Waals surface area (Å²) in [6.07, 6.45) is -4.57. The molecule has 1 amide bonds. The lowest BCUT2D eigenvalue weighted by Crippen LogP contribution is -2.18. The van der Waals surface area contributed by atoms with Crippen molar-refractivity contribution in [2.75, 3.05) is 16.9 Å². The molecule has 13 heteroatoms. The first-order chi connectivity index (χ1) is 14.6. The van der Waals surface area contributed by atoms with Crippen molar-refractivity contribution in [2.24, 2.45) is 0 Å². The van der Waals surface area contributed by atoms with Crippen LogP contribution in [0.25, 0.3) is 0 Å². The highest BCUT2D eigenvalue weighted by Gasteiger charge is 2.31. The second-order valence-electron chi connectivity index (χ2n) is 6.02. The van der Waals surface area contributed by atoms with E-state index in [4.69, 9.17) is 22.2 Å². The summed E-state index contributed by atoms with van der Waals surface area (Å²) in [5, 5.41) is 10.1. The van der Waals surface area contributed by atoms with E-state index in [-0.39, 0.29) is 39.8 Å². The van der Waals surface area contributed by atoms with E-state index in [1.165, 1.54) is 18.2 Å². The molecule has 2 aromatic carbocycles. The number of nitrogen functional groups attached to an aromatic ring is 1. The predicted octanol–water partition coefficient (Wildman–Crippen LogP) is 4.11. The molecule has 0 atom stereocenters. The number of alkyl halides is 3. The lowest BCUT2D eigenvalue weighted by molar-refractivity contribution is -0.137. The first-order valence-electron chi connectivity index (χ1n) is 8.51. The molecule has 0 aliphatic rings. The zero-order chi connectivity index (χ0) is 22.6. The summed E-state index contributed by atoms with van der Waals surface area (Å²) in [7, 11) is 0. The number of hydrogen-bond acceptors (Lipinski definition) is 6. The summed E-state index contributed by atoms with van der Waals surface area (Å²) in [5.74, 6) is 4.64. The third-order valence-corrected chi connectivity index (χ3v) is 5.10. The zero-order valence-corrected chi connectivity index (χ0v) is 17.1. The van der Waals surface area contributed by atoms with E-state index in [0.717, 1.165) is 34.6 Å². The Morgan fingerprint density at radius 2 is 1.97 bits per heavy atom. The summed E-state index contributed by atoms with van der Waals surface area (Å²) in [6, 6.07) is 8.39. The van der Waals surface area contributed by atoms with Gasteiger partial charge in [0.15, 0.2) is 17.4 Å². The van der Waals surface area contributed by atoms with Gasteiger partial charge in [0, 0.05) is 0 Å². The van der Waals surface area contributed by atoms with E-state index in [0.29, 0.717) is 0 Å². The van der Waals surface area contributed by atoms with Crippen LogP contribution in [0.5, 0.6) is 5.75 Å². The first kappa shape index (κ1) is 22.7. The lowest BCUT2D eigenvalue weighted by Gasteiger charge is -2.11. The van der Waals surface area contributed by atoms with Crippen LogP contribution in [0, 0.1) is 5.82 Å². The summed E-state index contributed by atoms with van der Waals surface area (Å²) in [5.41, 5.74) is -1.11. The van der Waals surface area contributed by atoms with Gasteiger partial charge in [-0.25, -0.2) is 9.07 Å². The quantitative estimate of drug-likeness (QED) is 0.303. The molecule has 0 saturated carbocycles. The Morgan fingerprint density at radius 3 is 2.68 bits per heavy atom. The number of carbonyl (C=O) groups excluding carboxylic acids is 1. The highest BCUT2D eigenvalue weighted by atomic mass is 35.5. The molecule has 0 fully saturated rings. The van der Waals surface area contributed by atoms with Crippen molar-refractivity contribution in [3.8, 4) is 5.75 Å². The van der Waals surface area contributed by atoms with Gasteiger partial charge in [0.1, 0.15) is 6.61 Å². The van der Waals surface area contributed by atoms with Crippen LogP contribution in [0.3, 0.4) is 0 Å². The van der Waals surface area contributed by atoms with E-state index in [9.17, 15) is 22.4 Å². The first-order valence-corrected chi connectivity index (χ1v) is 9.87. The normalized spacial score (nSPS) is 11.4. The number of para-hydroxylation sites is 1. The fraction of sp³-hybridized carbons (Fsp3) is 0.167. The number of halogens is 5. The molecule has 3 rings (SSSR count). The van der Waals surface area contributed by atoms with Crippen molar-refractivity contribution in [2.45, 2.75) is 17.9 Å². The van der Waals surface area contributed by atoms with Crippen molar-refractivity contribution in [3.63, 3.8) is 0 Å². The van der Waals surface area contributed by atoms with E-state index in [1.807, 2.05) is 0 Å². The number of aromatic nitrogens is 3. The number of nitrogens with one attached hydrogen (secondary N) is 1. The third-order valence-electron chi connectivity index (χ3n) is 3.83. The van der Waals surface area contributed by atoms with Crippen LogP contribution >= 0.6 is 23.4 Å². The largest absolute Gasteiger partial charge is 0.482 e. The van der Waals surface area contributed by atoms with Gasteiger partial charge < -0.3 is 15.9 Å². The van der Waals surface area contributed by atoms with E-state index >= 15 is 0 Å². The van der Waals surface area contributed by atoms with Gasteiger partial charge in [0.05, 0.1) is 22.0 Å². The minimum Gasteiger partial charge on any atom is -0.482 e. The summed E-state index contributed by atoms with van der Waals surface area (Å²) in [4.78, 5) is 12.1. The fourth-order valence-corrected chi connectivity index (χ4v) is 3.16. The van der Waals surface area contributed by atoms with Crippen LogP contribution in [0.2, 0.25) is 5.02 Å². The Hall–Kier alpha value is -2.99. The number of rotatable bonds is 7. The SMILES string of the molecule is Nn1c(COc2ccccc2F)nnc1SCC(=O)Nc1cc(C(F)(F)F)ccc1Cl. The molecule has 3 N–H and O–H groups in total. The summed E-state index contributed by atoms with van der Waals surface area (Å²) >= 11 is 6.75. The molecule has 3 aromatic rings. The average molecular weight is 476 g/mol. The van der Waals surface area contributed by atoms with Crippen molar-refractivity contribution < 1.29 is 27.1 Å². The van der Waals surface area contributed by atoms with Crippen LogP contribution in [-0.4, -0.2) is 26.5 Å². The molecule has 1 aromatic heterocycles. The monoisotopic (exact) mass is 475 g/mol. The summed E-state index contributed by atoms with van der Waals surface area (Å²) in [6.45, 7) is -0.170. The Kier molecular flexibility index (Phi) is 6.91. The molecule has 0 aliphatic carbocycles.